The Balaban J connectivity index is 1.10. The average molecular weight is 706 g/mol. The number of hydrogen-bond donors (Lipinski definition) is 0. The van der Waals surface area contributed by atoms with E-state index in [2.05, 4.69) is 217 Å². The zero-order valence-corrected chi connectivity index (χ0v) is 30.4. The Morgan fingerprint density at radius 2 is 0.889 bits per heavy atom. The van der Waals surface area contributed by atoms with Crippen molar-refractivity contribution in [1.29, 1.82) is 0 Å². The van der Waals surface area contributed by atoms with Crippen LogP contribution in [0.2, 0.25) is 0 Å². The molecule has 9 aromatic carbocycles. The number of nitrogens with zero attached hydrogens (tertiary/aromatic N) is 1. The summed E-state index contributed by atoms with van der Waals surface area (Å²) in [6, 6.07) is 77.2. The van der Waals surface area contributed by atoms with E-state index >= 15 is 0 Å². The number of para-hydroxylation sites is 1. The van der Waals surface area contributed by atoms with Crippen molar-refractivity contribution in [1.82, 2.24) is 0 Å². The van der Waals surface area contributed by atoms with Gasteiger partial charge in [-0.25, -0.2) is 0 Å². The van der Waals surface area contributed by atoms with Gasteiger partial charge in [-0.1, -0.05) is 158 Å². The highest BCUT2D eigenvalue weighted by atomic mass is 32.1. The van der Waals surface area contributed by atoms with E-state index in [1.54, 1.807) is 0 Å². The van der Waals surface area contributed by atoms with Crippen LogP contribution in [0, 0.1) is 0 Å². The largest absolute Gasteiger partial charge is 0.310 e. The first-order valence-corrected chi connectivity index (χ1v) is 19.2. The third-order valence-corrected chi connectivity index (χ3v) is 11.6. The maximum atomic E-state index is 2.41. The zero-order valence-electron chi connectivity index (χ0n) is 29.6. The lowest BCUT2D eigenvalue weighted by atomic mass is 9.96. The minimum absolute atomic E-state index is 1.10. The van der Waals surface area contributed by atoms with E-state index in [4.69, 9.17) is 0 Å². The third-order valence-electron chi connectivity index (χ3n) is 10.5. The van der Waals surface area contributed by atoms with Crippen LogP contribution in [0.1, 0.15) is 0 Å². The molecule has 0 radical (unpaired) electrons. The SMILES string of the molecule is c1ccc(-c2ccc(N(c3cccc(-c4cccc(-c5ccc6ccccc6c5)c4)c3)c3ccccc3-c3ccc4c(c3)sc3ccccc34)cc2)cc1. The predicted molar refractivity (Wildman–Crippen MR) is 233 cm³/mol. The summed E-state index contributed by atoms with van der Waals surface area (Å²) in [6.45, 7) is 0. The van der Waals surface area contributed by atoms with Crippen molar-refractivity contribution in [2.24, 2.45) is 0 Å². The van der Waals surface area contributed by atoms with Crippen LogP contribution >= 0.6 is 11.3 Å². The highest BCUT2D eigenvalue weighted by molar-refractivity contribution is 7.25. The molecule has 0 unspecified atom stereocenters. The molecule has 0 atom stereocenters. The van der Waals surface area contributed by atoms with Crippen molar-refractivity contribution in [2.75, 3.05) is 4.90 Å². The summed E-state index contributed by atoms with van der Waals surface area (Å²) in [5.41, 5.74) is 12.9. The van der Waals surface area contributed by atoms with Crippen LogP contribution in [0.25, 0.3) is 75.5 Å². The van der Waals surface area contributed by atoms with Crippen LogP contribution in [0.3, 0.4) is 0 Å². The molecule has 0 aliphatic rings. The van der Waals surface area contributed by atoms with Crippen molar-refractivity contribution in [3.8, 4) is 44.5 Å². The fourth-order valence-electron chi connectivity index (χ4n) is 7.74. The second kappa shape index (κ2) is 13.7. The van der Waals surface area contributed by atoms with E-state index in [1.807, 2.05) is 11.3 Å². The number of rotatable bonds is 7. The molecular weight excluding hydrogens is 671 g/mol. The van der Waals surface area contributed by atoms with Crippen LogP contribution in [-0.4, -0.2) is 0 Å². The van der Waals surface area contributed by atoms with Gasteiger partial charge in [0.1, 0.15) is 0 Å². The smallest absolute Gasteiger partial charge is 0.0540 e. The van der Waals surface area contributed by atoms with Crippen LogP contribution in [0.4, 0.5) is 17.1 Å². The Hall–Kier alpha value is -6.74. The predicted octanol–water partition coefficient (Wildman–Crippen LogP) is 15.3. The summed E-state index contributed by atoms with van der Waals surface area (Å²) in [5.74, 6) is 0. The fraction of sp³-hybridized carbons (Fsp3) is 0. The lowest BCUT2D eigenvalue weighted by molar-refractivity contribution is 1.28. The summed E-state index contributed by atoms with van der Waals surface area (Å²) < 4.78 is 2.62. The number of hydrogen-bond acceptors (Lipinski definition) is 2. The molecule has 254 valence electrons. The Labute approximate surface area is 319 Å². The number of fused-ring (bicyclic) bond motifs is 4. The van der Waals surface area contributed by atoms with Gasteiger partial charge in [0, 0.05) is 37.1 Å². The van der Waals surface area contributed by atoms with Gasteiger partial charge in [-0.3, -0.25) is 0 Å². The molecule has 0 N–H and O–H groups in total. The van der Waals surface area contributed by atoms with Gasteiger partial charge < -0.3 is 4.90 Å². The second-order valence-corrected chi connectivity index (χ2v) is 14.9. The van der Waals surface area contributed by atoms with Crippen molar-refractivity contribution < 1.29 is 0 Å². The van der Waals surface area contributed by atoms with Gasteiger partial charge in [-0.15, -0.1) is 11.3 Å². The molecule has 0 amide bonds. The molecule has 2 heteroatoms. The maximum Gasteiger partial charge on any atom is 0.0540 e. The minimum atomic E-state index is 1.10. The Morgan fingerprint density at radius 1 is 0.296 bits per heavy atom. The standard InChI is InChI=1S/C52H35NS/c1-2-12-36(13-3-1)38-26-29-45(30-27-38)53(50-22-8-6-20-47(50)44-28-31-49-48-21-7-9-23-51(48)54-52(49)35-44)46-19-11-18-42(34-46)40-16-10-17-41(33-40)43-25-24-37-14-4-5-15-39(37)32-43/h1-35H. The van der Waals surface area contributed by atoms with E-state index in [9.17, 15) is 0 Å². The summed E-state index contributed by atoms with van der Waals surface area (Å²) in [5, 5.41) is 5.13. The topological polar surface area (TPSA) is 3.24 Å². The van der Waals surface area contributed by atoms with Crippen LogP contribution in [-0.2, 0) is 0 Å². The van der Waals surface area contributed by atoms with Gasteiger partial charge in [0.25, 0.3) is 0 Å². The van der Waals surface area contributed by atoms with Gasteiger partial charge in [-0.2, -0.15) is 0 Å². The Bertz CT molecular complexity index is 2940. The van der Waals surface area contributed by atoms with Crippen molar-refractivity contribution in [2.45, 2.75) is 0 Å². The zero-order chi connectivity index (χ0) is 35.8. The second-order valence-electron chi connectivity index (χ2n) is 13.8. The minimum Gasteiger partial charge on any atom is -0.310 e. The summed E-state index contributed by atoms with van der Waals surface area (Å²) >= 11 is 1.86. The quantitative estimate of drug-likeness (QED) is 0.160. The molecule has 1 aromatic heterocycles. The highest BCUT2D eigenvalue weighted by Gasteiger charge is 2.19. The Morgan fingerprint density at radius 3 is 1.74 bits per heavy atom. The molecule has 0 saturated carbocycles. The normalized spacial score (nSPS) is 11.3. The van der Waals surface area contributed by atoms with Crippen LogP contribution in [0.15, 0.2) is 212 Å². The number of benzene rings is 9. The van der Waals surface area contributed by atoms with E-state index in [0.717, 1.165) is 17.1 Å². The first-order valence-electron chi connectivity index (χ1n) is 18.4. The third kappa shape index (κ3) is 5.93. The fourth-order valence-corrected chi connectivity index (χ4v) is 8.88. The first kappa shape index (κ1) is 32.0. The molecular formula is C52H35NS. The number of anilines is 3. The van der Waals surface area contributed by atoms with Crippen LogP contribution in [0.5, 0.6) is 0 Å². The van der Waals surface area contributed by atoms with E-state index < -0.39 is 0 Å². The molecule has 0 aliphatic heterocycles. The van der Waals surface area contributed by atoms with E-state index in [-0.39, 0.29) is 0 Å². The molecule has 0 spiro atoms. The molecule has 0 fully saturated rings. The molecule has 0 aliphatic carbocycles. The maximum absolute atomic E-state index is 2.41. The van der Waals surface area contributed by atoms with Gasteiger partial charge >= 0.3 is 0 Å². The molecule has 10 rings (SSSR count). The lowest BCUT2D eigenvalue weighted by Gasteiger charge is -2.28. The first-order chi connectivity index (χ1) is 26.7. The van der Waals surface area contributed by atoms with E-state index in [0.29, 0.717) is 0 Å². The molecule has 1 nitrogen and oxygen atoms in total. The summed E-state index contributed by atoms with van der Waals surface area (Å²) in [6.07, 6.45) is 0. The monoisotopic (exact) mass is 705 g/mol. The van der Waals surface area contributed by atoms with E-state index in [1.165, 1.54) is 75.5 Å². The van der Waals surface area contributed by atoms with Gasteiger partial charge in [0.05, 0.1) is 5.69 Å². The van der Waals surface area contributed by atoms with Crippen LogP contribution < -0.4 is 4.90 Å². The molecule has 54 heavy (non-hydrogen) atoms. The Kier molecular flexibility index (Phi) is 8.09. The van der Waals surface area contributed by atoms with Crippen molar-refractivity contribution >= 4 is 59.3 Å². The summed E-state index contributed by atoms with van der Waals surface area (Å²) in [7, 11) is 0. The molecule has 0 saturated heterocycles. The molecule has 1 heterocycles. The van der Waals surface area contributed by atoms with Gasteiger partial charge in [0.2, 0.25) is 0 Å². The molecule has 0 bridgehead atoms. The highest BCUT2D eigenvalue weighted by Crippen LogP contribution is 2.44. The average Bonchev–Trinajstić information content (AvgIpc) is 3.62. The number of thiophene rings is 1. The van der Waals surface area contributed by atoms with Crippen molar-refractivity contribution in [3.05, 3.63) is 212 Å². The van der Waals surface area contributed by atoms with Gasteiger partial charge in [-0.05, 0) is 104 Å². The lowest BCUT2D eigenvalue weighted by Crippen LogP contribution is -2.11. The van der Waals surface area contributed by atoms with Crippen molar-refractivity contribution in [3.63, 3.8) is 0 Å². The van der Waals surface area contributed by atoms with Gasteiger partial charge in [0.15, 0.2) is 0 Å². The summed E-state index contributed by atoms with van der Waals surface area (Å²) in [4.78, 5) is 2.41. The molecule has 10 aromatic rings.